The highest BCUT2D eigenvalue weighted by Gasteiger charge is 2.38. The summed E-state index contributed by atoms with van der Waals surface area (Å²) in [5.41, 5.74) is 0.759. The molecule has 0 bridgehead atoms. The van der Waals surface area contributed by atoms with Crippen LogP contribution in [-0.2, 0) is 14.8 Å². The SMILES string of the molecule is CN(C(=O)C1CCCCN1S(=O)(=O)c1ccccc1)c1ccccc1. The van der Waals surface area contributed by atoms with Crippen molar-refractivity contribution in [3.8, 4) is 0 Å². The number of para-hydroxylation sites is 1. The van der Waals surface area contributed by atoms with Crippen molar-refractivity contribution in [2.75, 3.05) is 18.5 Å². The van der Waals surface area contributed by atoms with Crippen molar-refractivity contribution in [2.45, 2.75) is 30.2 Å². The molecule has 0 saturated carbocycles. The van der Waals surface area contributed by atoms with E-state index in [2.05, 4.69) is 0 Å². The first-order chi connectivity index (χ1) is 12.0. The van der Waals surface area contributed by atoms with Crippen molar-refractivity contribution in [2.24, 2.45) is 0 Å². The van der Waals surface area contributed by atoms with Gasteiger partial charge in [-0.3, -0.25) is 4.79 Å². The molecule has 132 valence electrons. The molecule has 1 aliphatic heterocycles. The molecule has 1 atom stereocenters. The normalized spacial score (nSPS) is 18.7. The van der Waals surface area contributed by atoms with Crippen molar-refractivity contribution in [1.29, 1.82) is 0 Å². The maximum absolute atomic E-state index is 13.0. The van der Waals surface area contributed by atoms with Crippen LogP contribution in [0.5, 0.6) is 0 Å². The minimum absolute atomic E-state index is 0.189. The van der Waals surface area contributed by atoms with Crippen LogP contribution in [0.4, 0.5) is 5.69 Å². The van der Waals surface area contributed by atoms with Gasteiger partial charge >= 0.3 is 0 Å². The van der Waals surface area contributed by atoms with E-state index in [-0.39, 0.29) is 10.8 Å². The second-order valence-corrected chi connectivity index (χ2v) is 8.06. The lowest BCUT2D eigenvalue weighted by Gasteiger charge is -2.35. The van der Waals surface area contributed by atoms with Gasteiger partial charge in [0.05, 0.1) is 4.90 Å². The molecule has 1 heterocycles. The number of hydrogen-bond donors (Lipinski definition) is 0. The number of piperidine rings is 1. The summed E-state index contributed by atoms with van der Waals surface area (Å²) < 4.78 is 27.4. The molecule has 6 heteroatoms. The molecule has 1 amide bonds. The molecule has 25 heavy (non-hydrogen) atoms. The van der Waals surface area contributed by atoms with Crippen molar-refractivity contribution < 1.29 is 13.2 Å². The summed E-state index contributed by atoms with van der Waals surface area (Å²) in [6.45, 7) is 0.371. The monoisotopic (exact) mass is 358 g/mol. The number of carbonyl (C=O) groups is 1. The van der Waals surface area contributed by atoms with E-state index in [4.69, 9.17) is 0 Å². The topological polar surface area (TPSA) is 57.7 Å². The van der Waals surface area contributed by atoms with Crippen LogP contribution < -0.4 is 4.90 Å². The summed E-state index contributed by atoms with van der Waals surface area (Å²) in [6.07, 6.45) is 2.16. The Bertz CT molecular complexity index is 822. The molecule has 0 spiro atoms. The van der Waals surface area contributed by atoms with Crippen LogP contribution in [0.3, 0.4) is 0 Å². The molecule has 0 N–H and O–H groups in total. The van der Waals surface area contributed by atoms with E-state index in [9.17, 15) is 13.2 Å². The summed E-state index contributed by atoms with van der Waals surface area (Å²) in [5.74, 6) is -0.189. The minimum Gasteiger partial charge on any atom is -0.314 e. The summed E-state index contributed by atoms with van der Waals surface area (Å²) >= 11 is 0. The van der Waals surface area contributed by atoms with Gasteiger partial charge in [-0.15, -0.1) is 0 Å². The molecule has 0 radical (unpaired) electrons. The number of anilines is 1. The first-order valence-corrected chi connectivity index (χ1v) is 9.85. The van der Waals surface area contributed by atoms with Gasteiger partial charge in [0.2, 0.25) is 15.9 Å². The molecule has 2 aromatic carbocycles. The molecule has 5 nitrogen and oxygen atoms in total. The fourth-order valence-corrected chi connectivity index (χ4v) is 4.84. The lowest BCUT2D eigenvalue weighted by atomic mass is 10.0. The smallest absolute Gasteiger partial charge is 0.245 e. The van der Waals surface area contributed by atoms with Gasteiger partial charge in [-0.1, -0.05) is 42.8 Å². The number of rotatable bonds is 4. The summed E-state index contributed by atoms with van der Waals surface area (Å²) in [7, 11) is -1.99. The van der Waals surface area contributed by atoms with Gasteiger partial charge in [0.25, 0.3) is 0 Å². The largest absolute Gasteiger partial charge is 0.314 e. The zero-order valence-electron chi connectivity index (χ0n) is 14.2. The zero-order chi connectivity index (χ0) is 17.9. The number of benzene rings is 2. The minimum atomic E-state index is -3.69. The molecule has 3 rings (SSSR count). The number of hydrogen-bond acceptors (Lipinski definition) is 3. The maximum atomic E-state index is 13.0. The number of nitrogens with zero attached hydrogens (tertiary/aromatic N) is 2. The molecule has 1 saturated heterocycles. The van der Waals surface area contributed by atoms with E-state index in [0.29, 0.717) is 13.0 Å². The average Bonchev–Trinajstić information content (AvgIpc) is 2.68. The first-order valence-electron chi connectivity index (χ1n) is 8.41. The Labute approximate surface area is 148 Å². The van der Waals surface area contributed by atoms with Crippen LogP contribution in [0.15, 0.2) is 65.6 Å². The van der Waals surface area contributed by atoms with E-state index in [1.54, 1.807) is 42.3 Å². The zero-order valence-corrected chi connectivity index (χ0v) is 15.0. The number of likely N-dealkylation sites (N-methyl/N-ethyl adjacent to an activating group) is 1. The Morgan fingerprint density at radius 2 is 1.60 bits per heavy atom. The molecular formula is C19H22N2O3S. The Balaban J connectivity index is 1.90. The Hall–Kier alpha value is -2.18. The predicted octanol–water partition coefficient (Wildman–Crippen LogP) is 2.89. The first kappa shape index (κ1) is 17.6. The van der Waals surface area contributed by atoms with Gasteiger partial charge in [0, 0.05) is 19.3 Å². The average molecular weight is 358 g/mol. The Kier molecular flexibility index (Phi) is 5.20. The van der Waals surface area contributed by atoms with Gasteiger partial charge in [-0.25, -0.2) is 8.42 Å². The number of sulfonamides is 1. The van der Waals surface area contributed by atoms with E-state index >= 15 is 0 Å². The van der Waals surface area contributed by atoms with E-state index in [1.807, 2.05) is 30.3 Å². The summed E-state index contributed by atoms with van der Waals surface area (Å²) in [6, 6.07) is 17.0. The standard InChI is InChI=1S/C19H22N2O3S/c1-20(16-10-4-2-5-11-16)19(22)18-14-8-9-15-21(18)25(23,24)17-12-6-3-7-13-17/h2-7,10-13,18H,8-9,14-15H2,1H3. The van der Waals surface area contributed by atoms with Crippen LogP contribution in [0, 0.1) is 0 Å². The molecule has 1 aliphatic rings. The fourth-order valence-electron chi connectivity index (χ4n) is 3.17. The predicted molar refractivity (Wildman–Crippen MR) is 97.8 cm³/mol. The summed E-state index contributed by atoms with van der Waals surface area (Å²) in [4.78, 5) is 14.8. The molecular weight excluding hydrogens is 336 g/mol. The van der Waals surface area contributed by atoms with E-state index in [1.165, 1.54) is 4.31 Å². The second-order valence-electron chi connectivity index (χ2n) is 6.17. The molecule has 0 aromatic heterocycles. The van der Waals surface area contributed by atoms with E-state index < -0.39 is 16.1 Å². The third-order valence-electron chi connectivity index (χ3n) is 4.56. The summed E-state index contributed by atoms with van der Waals surface area (Å²) in [5, 5.41) is 0. The van der Waals surface area contributed by atoms with E-state index in [0.717, 1.165) is 18.5 Å². The lowest BCUT2D eigenvalue weighted by molar-refractivity contribution is -0.122. The van der Waals surface area contributed by atoms with Gasteiger partial charge < -0.3 is 4.90 Å². The molecule has 0 aliphatic carbocycles. The van der Waals surface area contributed by atoms with Crippen molar-refractivity contribution in [3.05, 3.63) is 60.7 Å². The third kappa shape index (κ3) is 3.60. The molecule has 2 aromatic rings. The van der Waals surface area contributed by atoms with Crippen molar-refractivity contribution in [3.63, 3.8) is 0 Å². The highest BCUT2D eigenvalue weighted by Crippen LogP contribution is 2.27. The van der Waals surface area contributed by atoms with Crippen LogP contribution in [0.2, 0.25) is 0 Å². The number of carbonyl (C=O) groups excluding carboxylic acids is 1. The van der Waals surface area contributed by atoms with Crippen LogP contribution >= 0.6 is 0 Å². The lowest BCUT2D eigenvalue weighted by Crippen LogP contribution is -2.52. The number of amides is 1. The maximum Gasteiger partial charge on any atom is 0.245 e. The van der Waals surface area contributed by atoms with Crippen LogP contribution in [0.25, 0.3) is 0 Å². The van der Waals surface area contributed by atoms with Crippen molar-refractivity contribution in [1.82, 2.24) is 4.31 Å². The van der Waals surface area contributed by atoms with Gasteiger partial charge in [0.15, 0.2) is 0 Å². The third-order valence-corrected chi connectivity index (χ3v) is 6.49. The Morgan fingerprint density at radius 3 is 2.24 bits per heavy atom. The van der Waals surface area contributed by atoms with Gasteiger partial charge in [0.1, 0.15) is 6.04 Å². The highest BCUT2D eigenvalue weighted by atomic mass is 32.2. The Morgan fingerprint density at radius 1 is 1.00 bits per heavy atom. The van der Waals surface area contributed by atoms with Gasteiger partial charge in [-0.2, -0.15) is 4.31 Å². The fraction of sp³-hybridized carbons (Fsp3) is 0.316. The van der Waals surface area contributed by atoms with Crippen LogP contribution in [0.1, 0.15) is 19.3 Å². The van der Waals surface area contributed by atoms with Crippen LogP contribution in [-0.4, -0.2) is 38.3 Å². The quantitative estimate of drug-likeness (QED) is 0.844. The van der Waals surface area contributed by atoms with Crippen molar-refractivity contribution >= 4 is 21.6 Å². The second kappa shape index (κ2) is 7.37. The highest BCUT2D eigenvalue weighted by molar-refractivity contribution is 7.89. The molecule has 1 unspecified atom stereocenters. The molecule has 1 fully saturated rings. The van der Waals surface area contributed by atoms with Gasteiger partial charge in [-0.05, 0) is 37.1 Å².